The van der Waals surface area contributed by atoms with Crippen molar-refractivity contribution in [1.82, 2.24) is 9.13 Å². The molecule has 0 aliphatic carbocycles. The van der Waals surface area contributed by atoms with Crippen LogP contribution in [-0.2, 0) is 0 Å². The molecule has 0 atom stereocenters. The molecule has 5 heteroatoms. The Kier molecular flexibility index (Phi) is 6.56. The van der Waals surface area contributed by atoms with Crippen molar-refractivity contribution in [2.24, 2.45) is 0 Å². The van der Waals surface area contributed by atoms with E-state index in [0.29, 0.717) is 16.7 Å². The summed E-state index contributed by atoms with van der Waals surface area (Å²) in [4.78, 5) is 0. The lowest BCUT2D eigenvalue weighted by atomic mass is 9.96. The third-order valence-corrected chi connectivity index (χ3v) is 9.62. The molecule has 9 rings (SSSR count). The van der Waals surface area contributed by atoms with Gasteiger partial charge in [0, 0.05) is 32.8 Å². The zero-order valence-corrected chi connectivity index (χ0v) is 26.7. The van der Waals surface area contributed by atoms with Gasteiger partial charge in [-0.3, -0.25) is 0 Å². The second kappa shape index (κ2) is 11.4. The zero-order valence-electron chi connectivity index (χ0n) is 26.7. The first-order valence-electron chi connectivity index (χ1n) is 16.3. The van der Waals surface area contributed by atoms with Crippen LogP contribution in [0.1, 0.15) is 16.7 Å². The van der Waals surface area contributed by atoms with Gasteiger partial charge in [0.2, 0.25) is 0 Å². The Balaban J connectivity index is 1.19. The second-order valence-corrected chi connectivity index (χ2v) is 12.3. The molecule has 0 radical (unpaired) electrons. The zero-order chi connectivity index (χ0) is 33.8. The minimum atomic E-state index is 0.529. The molecule has 0 aliphatic heterocycles. The van der Waals surface area contributed by atoms with Gasteiger partial charge in [0.25, 0.3) is 0 Å². The Morgan fingerprint density at radius 1 is 0.400 bits per heavy atom. The average Bonchev–Trinajstić information content (AvgIpc) is 3.70. The Morgan fingerprint density at radius 2 is 1.02 bits per heavy atom. The summed E-state index contributed by atoms with van der Waals surface area (Å²) in [6.45, 7) is 0. The maximum absolute atomic E-state index is 10.0. The van der Waals surface area contributed by atoms with Crippen LogP contribution in [0.4, 0.5) is 0 Å². The van der Waals surface area contributed by atoms with Crippen LogP contribution in [-0.4, -0.2) is 9.13 Å². The molecule has 2 aromatic heterocycles. The minimum Gasteiger partial charge on any atom is -0.309 e. The molecule has 7 aromatic carbocycles. The summed E-state index contributed by atoms with van der Waals surface area (Å²) in [5.41, 5.74) is 11.6. The van der Waals surface area contributed by atoms with Crippen molar-refractivity contribution >= 4 is 43.6 Å². The van der Waals surface area contributed by atoms with E-state index in [1.165, 1.54) is 21.8 Å². The van der Waals surface area contributed by atoms with Gasteiger partial charge < -0.3 is 9.13 Å². The normalized spacial score (nSPS) is 11.1. The van der Waals surface area contributed by atoms with Crippen molar-refractivity contribution in [3.05, 3.63) is 168 Å². The van der Waals surface area contributed by atoms with Crippen molar-refractivity contribution in [2.45, 2.75) is 0 Å². The van der Waals surface area contributed by atoms with E-state index >= 15 is 0 Å². The summed E-state index contributed by atoms with van der Waals surface area (Å²) in [6, 6.07) is 58.0. The highest BCUT2D eigenvalue weighted by atomic mass is 15.0. The van der Waals surface area contributed by atoms with Gasteiger partial charge in [0.05, 0.1) is 62.7 Å². The van der Waals surface area contributed by atoms with E-state index in [4.69, 9.17) is 0 Å². The monoisotopic (exact) mass is 635 g/mol. The summed E-state index contributed by atoms with van der Waals surface area (Å²) in [7, 11) is 0. The minimum absolute atomic E-state index is 0.529. The highest BCUT2D eigenvalue weighted by Gasteiger charge is 2.19. The Labute approximate surface area is 287 Å². The van der Waals surface area contributed by atoms with Crippen LogP contribution < -0.4 is 0 Å². The fourth-order valence-corrected chi connectivity index (χ4v) is 7.39. The lowest BCUT2D eigenvalue weighted by Gasteiger charge is -2.16. The van der Waals surface area contributed by atoms with E-state index in [0.717, 1.165) is 55.4 Å². The molecule has 5 nitrogen and oxygen atoms in total. The number of rotatable bonds is 4. The lowest BCUT2D eigenvalue weighted by Crippen LogP contribution is -1.98. The van der Waals surface area contributed by atoms with Crippen molar-refractivity contribution in [1.29, 1.82) is 15.8 Å². The summed E-state index contributed by atoms with van der Waals surface area (Å²) in [5.74, 6) is 0. The number of aromatic nitrogens is 2. The predicted octanol–water partition coefficient (Wildman–Crippen LogP) is 10.8. The van der Waals surface area contributed by atoms with E-state index in [1.54, 1.807) is 12.1 Å². The maximum atomic E-state index is 10.0. The Morgan fingerprint density at radius 3 is 1.74 bits per heavy atom. The molecule has 0 bridgehead atoms. The summed E-state index contributed by atoms with van der Waals surface area (Å²) >= 11 is 0. The molecule has 0 N–H and O–H groups in total. The van der Waals surface area contributed by atoms with Crippen LogP contribution in [0.2, 0.25) is 0 Å². The molecular formula is C45H25N5. The number of hydrogen-bond acceptors (Lipinski definition) is 3. The number of para-hydroxylation sites is 2. The first-order valence-corrected chi connectivity index (χ1v) is 16.3. The van der Waals surface area contributed by atoms with Crippen molar-refractivity contribution in [3.8, 4) is 51.8 Å². The average molecular weight is 636 g/mol. The first kappa shape index (κ1) is 28.8. The molecule has 9 aromatic rings. The van der Waals surface area contributed by atoms with Crippen molar-refractivity contribution in [3.63, 3.8) is 0 Å². The largest absolute Gasteiger partial charge is 0.309 e. The predicted molar refractivity (Wildman–Crippen MR) is 200 cm³/mol. The lowest BCUT2D eigenvalue weighted by molar-refractivity contribution is 1.18. The highest BCUT2D eigenvalue weighted by Crippen LogP contribution is 2.39. The van der Waals surface area contributed by atoms with Gasteiger partial charge in [0.15, 0.2) is 0 Å². The Hall–Kier alpha value is -7.39. The molecule has 230 valence electrons. The molecule has 0 aliphatic rings. The second-order valence-electron chi connectivity index (χ2n) is 12.3. The molecule has 0 spiro atoms. The van der Waals surface area contributed by atoms with Crippen LogP contribution in [0.3, 0.4) is 0 Å². The number of nitrogens with zero attached hydrogens (tertiary/aromatic N) is 5. The summed E-state index contributed by atoms with van der Waals surface area (Å²) in [6.07, 6.45) is 0. The van der Waals surface area contributed by atoms with Crippen molar-refractivity contribution < 1.29 is 0 Å². The molecule has 0 fully saturated rings. The number of benzene rings is 7. The van der Waals surface area contributed by atoms with Gasteiger partial charge in [0.1, 0.15) is 0 Å². The van der Waals surface area contributed by atoms with Crippen LogP contribution in [0.25, 0.3) is 77.2 Å². The summed E-state index contributed by atoms with van der Waals surface area (Å²) < 4.78 is 4.45. The topological polar surface area (TPSA) is 81.2 Å². The third kappa shape index (κ3) is 4.38. The molecule has 0 saturated carbocycles. The molecule has 0 saturated heterocycles. The SMILES string of the molecule is N#Cc1ccc(-n2c3ccc(C#N)cc3c3c(C#N)cccc32)c(-c2cccc(-c3ccc(-n4c5ccccc5c5ccccc54)cc3)c2)c1. The summed E-state index contributed by atoms with van der Waals surface area (Å²) in [5, 5.41) is 33.8. The van der Waals surface area contributed by atoms with Gasteiger partial charge in [-0.1, -0.05) is 72.8 Å². The standard InChI is InChI=1S/C45H25N5/c46-26-29-15-21-42(50-43-22-16-30(27-47)24-39(43)45-34(28-48)9-6-14-44(45)50)38(23-29)33-8-5-7-32(25-33)31-17-19-35(20-18-31)49-40-12-3-1-10-36(40)37-11-2-4-13-41(37)49/h1-25H. The van der Waals surface area contributed by atoms with Gasteiger partial charge in [-0.05, 0) is 95.6 Å². The number of hydrogen-bond donors (Lipinski definition) is 0. The van der Waals surface area contributed by atoms with Gasteiger partial charge in [-0.15, -0.1) is 0 Å². The fourth-order valence-electron chi connectivity index (χ4n) is 7.39. The molecule has 0 unspecified atom stereocenters. The maximum Gasteiger partial charge on any atom is 0.0998 e. The smallest absolute Gasteiger partial charge is 0.0998 e. The van der Waals surface area contributed by atoms with Gasteiger partial charge in [-0.2, -0.15) is 15.8 Å². The number of fused-ring (bicyclic) bond motifs is 6. The highest BCUT2D eigenvalue weighted by molar-refractivity contribution is 6.13. The van der Waals surface area contributed by atoms with Gasteiger partial charge >= 0.3 is 0 Å². The number of nitriles is 3. The molecule has 0 amide bonds. The van der Waals surface area contributed by atoms with E-state index in [-0.39, 0.29) is 0 Å². The Bertz CT molecular complexity index is 2900. The molecule has 2 heterocycles. The van der Waals surface area contributed by atoms with Crippen LogP contribution in [0.5, 0.6) is 0 Å². The fraction of sp³-hybridized carbons (Fsp3) is 0. The van der Waals surface area contributed by atoms with E-state index < -0.39 is 0 Å². The van der Waals surface area contributed by atoms with Crippen LogP contribution in [0.15, 0.2) is 152 Å². The van der Waals surface area contributed by atoms with E-state index in [2.05, 4.69) is 118 Å². The van der Waals surface area contributed by atoms with E-state index in [1.807, 2.05) is 48.5 Å². The van der Waals surface area contributed by atoms with Gasteiger partial charge in [-0.25, -0.2) is 0 Å². The van der Waals surface area contributed by atoms with Crippen LogP contribution in [0, 0.1) is 34.0 Å². The van der Waals surface area contributed by atoms with Crippen molar-refractivity contribution in [2.75, 3.05) is 0 Å². The van der Waals surface area contributed by atoms with Crippen LogP contribution >= 0.6 is 0 Å². The first-order chi connectivity index (χ1) is 24.7. The molecular weight excluding hydrogens is 611 g/mol. The van der Waals surface area contributed by atoms with E-state index in [9.17, 15) is 15.8 Å². The third-order valence-electron chi connectivity index (χ3n) is 9.62. The molecule has 50 heavy (non-hydrogen) atoms. The quantitative estimate of drug-likeness (QED) is 0.193.